The van der Waals surface area contributed by atoms with Crippen LogP contribution in [0.2, 0.25) is 5.02 Å². The van der Waals surface area contributed by atoms with Crippen molar-refractivity contribution in [1.29, 1.82) is 0 Å². The van der Waals surface area contributed by atoms with Crippen molar-refractivity contribution in [2.24, 2.45) is 10.7 Å². The van der Waals surface area contributed by atoms with Crippen LogP contribution >= 0.6 is 11.6 Å². The molecule has 4 aromatic carbocycles. The Morgan fingerprint density at radius 2 is 1.49 bits per heavy atom. The zero-order valence-corrected chi connectivity index (χ0v) is 27.5. The number of hydrogen-bond donors (Lipinski definition) is 1. The van der Waals surface area contributed by atoms with Crippen LogP contribution in [0.25, 0.3) is 0 Å². The Labute approximate surface area is 280 Å². The Balaban J connectivity index is 1.39. The summed E-state index contributed by atoms with van der Waals surface area (Å²) in [6.07, 6.45) is 2.60. The number of aliphatic imine (C=N–C) groups is 1. The Bertz CT molecular complexity index is 1690. The summed E-state index contributed by atoms with van der Waals surface area (Å²) >= 11 is 6.82. The summed E-state index contributed by atoms with van der Waals surface area (Å²) < 4.78 is 10.7. The number of para-hydroxylation sites is 1. The molecule has 0 aromatic heterocycles. The minimum absolute atomic E-state index is 0.206. The number of halogens is 1. The average Bonchev–Trinajstić information content (AvgIpc) is 3.59. The number of rotatable bonds is 11. The largest absolute Gasteiger partial charge is 0.497 e. The third-order valence-electron chi connectivity index (χ3n) is 9.18. The van der Waals surface area contributed by atoms with Crippen LogP contribution in [0, 0.1) is 10.1 Å². The second-order valence-corrected chi connectivity index (χ2v) is 12.8. The molecule has 4 aromatic rings. The van der Waals surface area contributed by atoms with Gasteiger partial charge in [-0.1, -0.05) is 66.2 Å². The SMILES string of the molecule is COc1ccc(CN(Cc2ccc(OC)cc2)C2=Nc3ccccc3C(N)(Cc3ccc(CN4CCCC4)c(Cl)c3)C2[N+](=O)[O-])cc1. The van der Waals surface area contributed by atoms with E-state index in [1.165, 1.54) is 12.8 Å². The Hall–Kier alpha value is -4.44. The van der Waals surface area contributed by atoms with Gasteiger partial charge in [0.15, 0.2) is 5.84 Å². The van der Waals surface area contributed by atoms with Crippen molar-refractivity contribution in [2.45, 2.75) is 50.5 Å². The van der Waals surface area contributed by atoms with Gasteiger partial charge in [0, 0.05) is 41.6 Å². The van der Waals surface area contributed by atoms with Crippen molar-refractivity contribution in [1.82, 2.24) is 9.80 Å². The van der Waals surface area contributed by atoms with Gasteiger partial charge in [-0.3, -0.25) is 15.0 Å². The van der Waals surface area contributed by atoms with Gasteiger partial charge in [-0.05, 0) is 84.6 Å². The molecule has 6 rings (SSSR count). The number of nitro groups is 1. The van der Waals surface area contributed by atoms with Crippen LogP contribution in [0.1, 0.15) is 40.7 Å². The first kappa shape index (κ1) is 32.5. The minimum atomic E-state index is -1.41. The van der Waals surface area contributed by atoms with E-state index in [2.05, 4.69) is 4.90 Å². The van der Waals surface area contributed by atoms with Crippen molar-refractivity contribution in [3.8, 4) is 11.5 Å². The van der Waals surface area contributed by atoms with Gasteiger partial charge in [-0.2, -0.15) is 0 Å². The molecule has 0 amide bonds. The molecule has 10 heteroatoms. The third kappa shape index (κ3) is 7.12. The summed E-state index contributed by atoms with van der Waals surface area (Å²) in [5.74, 6) is 1.77. The number of nitrogens with two attached hydrogens (primary N) is 1. The fourth-order valence-corrected chi connectivity index (χ4v) is 6.98. The minimum Gasteiger partial charge on any atom is -0.497 e. The van der Waals surface area contributed by atoms with Crippen molar-refractivity contribution in [3.63, 3.8) is 0 Å². The lowest BCUT2D eigenvalue weighted by Crippen LogP contribution is -2.61. The van der Waals surface area contributed by atoms with E-state index >= 15 is 0 Å². The number of benzene rings is 4. The Morgan fingerprint density at radius 1 is 0.915 bits per heavy atom. The molecule has 9 nitrogen and oxygen atoms in total. The zero-order chi connectivity index (χ0) is 33.0. The van der Waals surface area contributed by atoms with E-state index in [1.807, 2.05) is 95.9 Å². The maximum atomic E-state index is 13.2. The number of amidine groups is 1. The number of methoxy groups -OCH3 is 2. The summed E-state index contributed by atoms with van der Waals surface area (Å²) in [6, 6.07) is 27.4. The Kier molecular flexibility index (Phi) is 9.77. The number of ether oxygens (including phenoxy) is 2. The maximum Gasteiger partial charge on any atom is 0.291 e. The second-order valence-electron chi connectivity index (χ2n) is 12.4. The van der Waals surface area contributed by atoms with Crippen LogP contribution in [-0.2, 0) is 31.6 Å². The standard InChI is InChI=1S/C37H40ClN5O4/c1-46-30-15-10-26(11-16-30)23-42(24-27-12-17-31(47-2)18-13-27)36-35(43(44)45)37(39,32-7-3-4-8-34(32)40-36)22-28-9-14-29(33(38)21-28)25-41-19-5-6-20-41/h3-4,7-18,21,35H,5-6,19-20,22-25,39H2,1-2H3. The van der Waals surface area contributed by atoms with Gasteiger partial charge < -0.3 is 20.1 Å². The predicted molar refractivity (Wildman–Crippen MR) is 185 cm³/mol. The Morgan fingerprint density at radius 3 is 2.04 bits per heavy atom. The maximum absolute atomic E-state index is 13.2. The first-order chi connectivity index (χ1) is 22.8. The zero-order valence-electron chi connectivity index (χ0n) is 26.8. The molecule has 2 heterocycles. The summed E-state index contributed by atoms with van der Waals surface area (Å²) in [6.45, 7) is 3.66. The molecule has 0 bridgehead atoms. The van der Waals surface area contributed by atoms with Gasteiger partial charge in [0.2, 0.25) is 0 Å². The van der Waals surface area contributed by atoms with Crippen LogP contribution in [-0.4, -0.2) is 53.9 Å². The first-order valence-electron chi connectivity index (χ1n) is 15.9. The molecule has 0 spiro atoms. The summed E-state index contributed by atoms with van der Waals surface area (Å²) in [4.78, 5) is 22.3. The first-order valence-corrected chi connectivity index (χ1v) is 16.3. The fourth-order valence-electron chi connectivity index (χ4n) is 6.71. The lowest BCUT2D eigenvalue weighted by Gasteiger charge is -2.40. The van der Waals surface area contributed by atoms with Gasteiger partial charge >= 0.3 is 0 Å². The molecule has 47 heavy (non-hydrogen) atoms. The average molecular weight is 654 g/mol. The van der Waals surface area contributed by atoms with E-state index in [1.54, 1.807) is 14.2 Å². The fraction of sp³-hybridized carbons (Fsp3) is 0.324. The highest BCUT2D eigenvalue weighted by atomic mass is 35.5. The quantitative estimate of drug-likeness (QED) is 0.141. The number of fused-ring (bicyclic) bond motifs is 1. The van der Waals surface area contributed by atoms with Crippen molar-refractivity contribution in [2.75, 3.05) is 27.3 Å². The lowest BCUT2D eigenvalue weighted by molar-refractivity contribution is -0.516. The van der Waals surface area contributed by atoms with Gasteiger partial charge in [0.1, 0.15) is 17.0 Å². The molecular formula is C37H40ClN5O4. The predicted octanol–water partition coefficient (Wildman–Crippen LogP) is 6.74. The van der Waals surface area contributed by atoms with E-state index < -0.39 is 11.6 Å². The van der Waals surface area contributed by atoms with Gasteiger partial charge in [0.25, 0.3) is 6.04 Å². The molecule has 244 valence electrons. The molecule has 2 aliphatic heterocycles. The molecule has 2 atom stereocenters. The molecule has 2 unspecified atom stereocenters. The molecule has 0 radical (unpaired) electrons. The number of hydrogen-bond acceptors (Lipinski definition) is 8. The summed E-state index contributed by atoms with van der Waals surface area (Å²) in [5.41, 5.74) is 11.0. The van der Waals surface area contributed by atoms with Crippen LogP contribution < -0.4 is 15.2 Å². The normalized spacial score (nSPS) is 19.1. The van der Waals surface area contributed by atoms with Gasteiger partial charge in [-0.25, -0.2) is 4.99 Å². The van der Waals surface area contributed by atoms with Crippen LogP contribution in [0.5, 0.6) is 11.5 Å². The van der Waals surface area contributed by atoms with Gasteiger partial charge in [0.05, 0.1) is 19.9 Å². The lowest BCUT2D eigenvalue weighted by atomic mass is 9.75. The monoisotopic (exact) mass is 653 g/mol. The van der Waals surface area contributed by atoms with Crippen LogP contribution in [0.15, 0.2) is 96.0 Å². The highest BCUT2D eigenvalue weighted by Gasteiger charge is 2.53. The molecule has 2 aliphatic rings. The van der Waals surface area contributed by atoms with E-state index in [4.69, 9.17) is 31.8 Å². The molecular weight excluding hydrogens is 614 g/mol. The van der Waals surface area contributed by atoms with E-state index in [0.717, 1.165) is 53.4 Å². The number of nitrogens with zero attached hydrogens (tertiary/aromatic N) is 4. The van der Waals surface area contributed by atoms with Crippen molar-refractivity contribution in [3.05, 3.63) is 134 Å². The smallest absolute Gasteiger partial charge is 0.291 e. The second kappa shape index (κ2) is 14.1. The number of likely N-dealkylation sites (tertiary alicyclic amines) is 1. The topological polar surface area (TPSA) is 106 Å². The molecule has 0 aliphatic carbocycles. The molecule has 2 N–H and O–H groups in total. The van der Waals surface area contributed by atoms with Crippen molar-refractivity contribution < 1.29 is 14.4 Å². The highest BCUT2D eigenvalue weighted by molar-refractivity contribution is 6.31. The van der Waals surface area contributed by atoms with Crippen LogP contribution in [0.4, 0.5) is 5.69 Å². The van der Waals surface area contributed by atoms with Gasteiger partial charge in [-0.15, -0.1) is 0 Å². The third-order valence-corrected chi connectivity index (χ3v) is 9.53. The molecule has 1 fully saturated rings. The van der Waals surface area contributed by atoms with E-state index in [-0.39, 0.29) is 11.3 Å². The van der Waals surface area contributed by atoms with Crippen LogP contribution in [0.3, 0.4) is 0 Å². The highest BCUT2D eigenvalue weighted by Crippen LogP contribution is 2.41. The summed E-state index contributed by atoms with van der Waals surface area (Å²) in [5, 5.41) is 13.9. The summed E-state index contributed by atoms with van der Waals surface area (Å²) in [7, 11) is 3.24. The van der Waals surface area contributed by atoms with Crippen molar-refractivity contribution >= 4 is 23.1 Å². The molecule has 1 saturated heterocycles. The molecule has 0 saturated carbocycles. The van der Waals surface area contributed by atoms with E-state index in [9.17, 15) is 10.1 Å². The van der Waals surface area contributed by atoms with E-state index in [0.29, 0.717) is 35.2 Å².